The molecule has 1 aliphatic rings. The van der Waals surface area contributed by atoms with Gasteiger partial charge in [-0.1, -0.05) is 30.7 Å². The van der Waals surface area contributed by atoms with Gasteiger partial charge in [-0.2, -0.15) is 0 Å². The Morgan fingerprint density at radius 3 is 2.69 bits per heavy atom. The molecular formula is C21H22ClN3O4. The summed E-state index contributed by atoms with van der Waals surface area (Å²) >= 11 is 5.92. The number of nitrogens with one attached hydrogen (secondary N) is 1. The molecule has 1 saturated heterocycles. The van der Waals surface area contributed by atoms with E-state index in [1.165, 1.54) is 18.7 Å². The maximum Gasteiger partial charge on any atom is 0.312 e. The lowest BCUT2D eigenvalue weighted by Crippen LogP contribution is -2.33. The van der Waals surface area contributed by atoms with Crippen LogP contribution in [-0.4, -0.2) is 35.4 Å². The van der Waals surface area contributed by atoms with E-state index in [0.29, 0.717) is 5.69 Å². The number of rotatable bonds is 6. The lowest BCUT2D eigenvalue weighted by Gasteiger charge is -2.18. The molecule has 1 aromatic carbocycles. The van der Waals surface area contributed by atoms with E-state index in [4.69, 9.17) is 16.3 Å². The summed E-state index contributed by atoms with van der Waals surface area (Å²) in [6.45, 7) is 3.75. The molecule has 29 heavy (non-hydrogen) atoms. The first-order chi connectivity index (χ1) is 13.9. The Bertz CT molecular complexity index is 916. The van der Waals surface area contributed by atoms with Crippen molar-refractivity contribution in [2.45, 2.75) is 32.8 Å². The molecule has 2 aromatic rings. The minimum Gasteiger partial charge on any atom is -0.452 e. The van der Waals surface area contributed by atoms with Gasteiger partial charge in [0.05, 0.1) is 11.6 Å². The second-order valence-corrected chi connectivity index (χ2v) is 7.19. The quantitative estimate of drug-likeness (QED) is 0.578. The van der Waals surface area contributed by atoms with Crippen LogP contribution in [0.4, 0.5) is 11.4 Å². The molecule has 1 fully saturated rings. The molecule has 0 spiro atoms. The Balaban J connectivity index is 1.58. The van der Waals surface area contributed by atoms with E-state index >= 15 is 0 Å². The molecule has 2 atom stereocenters. The fourth-order valence-electron chi connectivity index (χ4n) is 3.06. The molecule has 2 heterocycles. The first kappa shape index (κ1) is 20.8. The summed E-state index contributed by atoms with van der Waals surface area (Å²) < 4.78 is 5.28. The van der Waals surface area contributed by atoms with Crippen molar-refractivity contribution in [3.05, 3.63) is 53.3 Å². The number of esters is 1. The van der Waals surface area contributed by atoms with Crippen LogP contribution in [0.25, 0.3) is 0 Å². The zero-order valence-electron chi connectivity index (χ0n) is 16.2. The maximum absolute atomic E-state index is 12.5. The molecule has 0 aliphatic carbocycles. The number of hydrogen-bond donors (Lipinski definition) is 1. The molecular weight excluding hydrogens is 394 g/mol. The summed E-state index contributed by atoms with van der Waals surface area (Å²) in [5.74, 6) is -1.86. The third-order valence-electron chi connectivity index (χ3n) is 4.79. The van der Waals surface area contributed by atoms with E-state index in [9.17, 15) is 14.4 Å². The van der Waals surface area contributed by atoms with Gasteiger partial charge in [0.25, 0.3) is 5.91 Å². The van der Waals surface area contributed by atoms with Crippen molar-refractivity contribution in [2.24, 2.45) is 5.92 Å². The van der Waals surface area contributed by atoms with E-state index < -0.39 is 23.9 Å². The van der Waals surface area contributed by atoms with Gasteiger partial charge >= 0.3 is 5.97 Å². The van der Waals surface area contributed by atoms with Gasteiger partial charge < -0.3 is 15.0 Å². The summed E-state index contributed by atoms with van der Waals surface area (Å²) in [5, 5.41) is 2.72. The molecule has 0 unspecified atom stereocenters. The number of aryl methyl sites for hydroxylation is 1. The van der Waals surface area contributed by atoms with Crippen molar-refractivity contribution < 1.29 is 19.1 Å². The lowest BCUT2D eigenvalue weighted by molar-refractivity contribution is -0.157. The summed E-state index contributed by atoms with van der Waals surface area (Å²) in [5.41, 5.74) is 2.25. The van der Waals surface area contributed by atoms with Crippen LogP contribution in [0.15, 0.2) is 42.6 Å². The van der Waals surface area contributed by atoms with Crippen LogP contribution in [0.5, 0.6) is 0 Å². The zero-order valence-corrected chi connectivity index (χ0v) is 17.0. The number of nitrogens with zero attached hydrogens (tertiary/aromatic N) is 2. The normalized spacial score (nSPS) is 17.1. The molecule has 1 aromatic heterocycles. The average Bonchev–Trinajstić information content (AvgIpc) is 3.11. The predicted molar refractivity (Wildman–Crippen MR) is 110 cm³/mol. The zero-order chi connectivity index (χ0) is 21.0. The van der Waals surface area contributed by atoms with Crippen LogP contribution in [-0.2, 0) is 25.5 Å². The highest BCUT2D eigenvalue weighted by Gasteiger charge is 2.37. The fraction of sp³-hybridized carbons (Fsp3) is 0.333. The third-order valence-corrected chi connectivity index (χ3v) is 5.09. The molecule has 0 bridgehead atoms. The number of pyridine rings is 1. The van der Waals surface area contributed by atoms with E-state index in [0.717, 1.165) is 12.1 Å². The number of carbonyl (C=O) groups is 3. The molecule has 3 rings (SSSR count). The van der Waals surface area contributed by atoms with Crippen LogP contribution in [0.1, 0.15) is 25.8 Å². The van der Waals surface area contributed by atoms with Crippen molar-refractivity contribution in [1.29, 1.82) is 0 Å². The Morgan fingerprint density at radius 1 is 1.31 bits per heavy atom. The second kappa shape index (κ2) is 9.05. The Labute approximate surface area is 174 Å². The standard InChI is InChI=1S/C21H22ClN3O4/c1-3-14-6-8-16(9-7-14)25-12-15(11-18(25)26)21(28)29-13(2)20(27)24-17-5-4-10-23-19(17)22/h4-10,13,15H,3,11-12H2,1-2H3,(H,24,27)/t13-,15-/m1/s1. The monoisotopic (exact) mass is 415 g/mol. The van der Waals surface area contributed by atoms with Crippen molar-refractivity contribution in [3.63, 3.8) is 0 Å². The maximum atomic E-state index is 12.5. The highest BCUT2D eigenvalue weighted by atomic mass is 35.5. The minimum absolute atomic E-state index is 0.0527. The average molecular weight is 416 g/mol. The Kier molecular flexibility index (Phi) is 6.49. The van der Waals surface area contributed by atoms with Crippen LogP contribution < -0.4 is 10.2 Å². The van der Waals surface area contributed by atoms with E-state index in [1.807, 2.05) is 24.3 Å². The van der Waals surface area contributed by atoms with Crippen molar-refractivity contribution in [1.82, 2.24) is 4.98 Å². The fourth-order valence-corrected chi connectivity index (χ4v) is 3.23. The van der Waals surface area contributed by atoms with Crippen molar-refractivity contribution >= 4 is 40.8 Å². The Morgan fingerprint density at radius 2 is 2.03 bits per heavy atom. The molecule has 1 aliphatic heterocycles. The minimum atomic E-state index is -1.04. The molecule has 0 radical (unpaired) electrons. The number of carbonyl (C=O) groups excluding carboxylic acids is 3. The van der Waals surface area contributed by atoms with Crippen molar-refractivity contribution in [2.75, 3.05) is 16.8 Å². The van der Waals surface area contributed by atoms with Crippen molar-refractivity contribution in [3.8, 4) is 0 Å². The van der Waals surface area contributed by atoms with Gasteiger partial charge in [0.15, 0.2) is 11.3 Å². The Hall–Kier alpha value is -2.93. The number of halogens is 1. The second-order valence-electron chi connectivity index (χ2n) is 6.84. The number of aromatic nitrogens is 1. The number of hydrogen-bond acceptors (Lipinski definition) is 5. The van der Waals surface area contributed by atoms with Gasteiger partial charge in [0, 0.05) is 24.8 Å². The lowest BCUT2D eigenvalue weighted by atomic mass is 10.1. The number of benzene rings is 1. The molecule has 2 amide bonds. The first-order valence-electron chi connectivity index (χ1n) is 9.40. The van der Waals surface area contributed by atoms with E-state index in [2.05, 4.69) is 17.2 Å². The van der Waals surface area contributed by atoms with Gasteiger partial charge in [0.2, 0.25) is 5.91 Å². The van der Waals surface area contributed by atoms with Gasteiger partial charge in [-0.25, -0.2) is 4.98 Å². The topological polar surface area (TPSA) is 88.6 Å². The summed E-state index contributed by atoms with van der Waals surface area (Å²) in [7, 11) is 0. The first-order valence-corrected chi connectivity index (χ1v) is 9.78. The van der Waals surface area contributed by atoms with Crippen LogP contribution in [0.3, 0.4) is 0 Å². The summed E-state index contributed by atoms with van der Waals surface area (Å²) in [4.78, 5) is 42.6. The number of anilines is 2. The third kappa shape index (κ3) is 4.92. The van der Waals surface area contributed by atoms with E-state index in [-0.39, 0.29) is 24.0 Å². The molecule has 0 saturated carbocycles. The van der Waals surface area contributed by atoms with Gasteiger partial charge in [-0.3, -0.25) is 14.4 Å². The number of ether oxygens (including phenoxy) is 1. The van der Waals surface area contributed by atoms with Crippen LogP contribution >= 0.6 is 11.6 Å². The predicted octanol–water partition coefficient (Wildman–Crippen LogP) is 3.22. The molecule has 7 nitrogen and oxygen atoms in total. The van der Waals surface area contributed by atoms with Crippen LogP contribution in [0, 0.1) is 5.92 Å². The smallest absolute Gasteiger partial charge is 0.312 e. The largest absolute Gasteiger partial charge is 0.452 e. The highest BCUT2D eigenvalue weighted by molar-refractivity contribution is 6.32. The molecule has 1 N–H and O–H groups in total. The van der Waals surface area contributed by atoms with E-state index in [1.54, 1.807) is 17.0 Å². The molecule has 8 heteroatoms. The summed E-state index contributed by atoms with van der Waals surface area (Å²) in [6, 6.07) is 10.9. The van der Waals surface area contributed by atoms with Gasteiger partial charge in [0.1, 0.15) is 0 Å². The molecule has 152 valence electrons. The van der Waals surface area contributed by atoms with Crippen LogP contribution in [0.2, 0.25) is 5.15 Å². The highest BCUT2D eigenvalue weighted by Crippen LogP contribution is 2.27. The van der Waals surface area contributed by atoms with Gasteiger partial charge in [-0.05, 0) is 43.2 Å². The summed E-state index contributed by atoms with van der Waals surface area (Å²) in [6.07, 6.45) is 1.43. The number of amides is 2. The van der Waals surface area contributed by atoms with Gasteiger partial charge in [-0.15, -0.1) is 0 Å². The SMILES string of the molecule is CCc1ccc(N2C[C@H](C(=O)O[C@H](C)C(=O)Nc3cccnc3Cl)CC2=O)cc1.